The van der Waals surface area contributed by atoms with Crippen LogP contribution in [0.5, 0.6) is 0 Å². The summed E-state index contributed by atoms with van der Waals surface area (Å²) in [7, 11) is 1.14. The molecule has 0 spiro atoms. The lowest BCUT2D eigenvalue weighted by atomic mass is 10.1. The number of hydrogen-bond acceptors (Lipinski definition) is 6. The molecular weight excluding hydrogens is 481 g/mol. The van der Waals surface area contributed by atoms with Crippen molar-refractivity contribution in [3.05, 3.63) is 31.9 Å². The molecular formula is C16H16BrF3N4O4S. The molecule has 158 valence electrons. The molecule has 3 N–H and O–H groups in total. The second-order valence-electron chi connectivity index (χ2n) is 5.88. The number of thiophene rings is 1. The Morgan fingerprint density at radius 3 is 2.41 bits per heavy atom. The molecule has 0 aliphatic carbocycles. The van der Waals surface area contributed by atoms with E-state index >= 15 is 0 Å². The maximum Gasteiger partial charge on any atom is 0.436 e. The molecule has 0 aromatic carbocycles. The van der Waals surface area contributed by atoms with E-state index in [0.717, 1.165) is 23.1 Å². The monoisotopic (exact) mass is 496 g/mol. The van der Waals surface area contributed by atoms with E-state index in [-0.39, 0.29) is 44.1 Å². The first-order valence-electron chi connectivity index (χ1n) is 7.99. The molecule has 0 unspecified atom stereocenters. The van der Waals surface area contributed by atoms with Gasteiger partial charge < -0.3 is 15.8 Å². The quantitative estimate of drug-likeness (QED) is 0.595. The highest BCUT2D eigenvalue weighted by atomic mass is 79.9. The standard InChI is InChI=1S/C16H16BrF3N4O4S/c1-6-9(15(27)28-3)14(29-11(6)13(21)26)22-8(25)4-5-24-7(2)10(17)12(23-24)16(18,19)20/h4-5H2,1-3H3,(H2,21,26)(H,22,25). The second kappa shape index (κ2) is 8.53. The predicted molar refractivity (Wildman–Crippen MR) is 102 cm³/mol. The lowest BCUT2D eigenvalue weighted by molar-refractivity contribution is -0.142. The van der Waals surface area contributed by atoms with Crippen LogP contribution in [-0.4, -0.2) is 34.7 Å². The minimum atomic E-state index is -4.63. The number of anilines is 1. The molecule has 0 bridgehead atoms. The Kier molecular flexibility index (Phi) is 6.73. The Balaban J connectivity index is 2.20. The van der Waals surface area contributed by atoms with Crippen molar-refractivity contribution in [2.75, 3.05) is 12.4 Å². The van der Waals surface area contributed by atoms with Gasteiger partial charge in [0.2, 0.25) is 5.91 Å². The first-order chi connectivity index (χ1) is 13.4. The number of ether oxygens (including phenoxy) is 1. The van der Waals surface area contributed by atoms with E-state index in [2.05, 4.69) is 31.1 Å². The van der Waals surface area contributed by atoms with Crippen LogP contribution in [-0.2, 0) is 22.3 Å². The summed E-state index contributed by atoms with van der Waals surface area (Å²) in [6, 6.07) is 0. The number of carbonyl (C=O) groups excluding carboxylic acids is 3. The molecule has 2 rings (SSSR count). The van der Waals surface area contributed by atoms with Crippen LogP contribution in [0.1, 0.15) is 43.4 Å². The fourth-order valence-corrected chi connectivity index (χ4v) is 4.08. The summed E-state index contributed by atoms with van der Waals surface area (Å²) < 4.78 is 44.3. The smallest absolute Gasteiger partial charge is 0.436 e. The number of aryl methyl sites for hydroxylation is 1. The van der Waals surface area contributed by atoms with Crippen LogP contribution in [0, 0.1) is 13.8 Å². The van der Waals surface area contributed by atoms with Crippen molar-refractivity contribution in [2.24, 2.45) is 5.73 Å². The van der Waals surface area contributed by atoms with Gasteiger partial charge in [-0.05, 0) is 35.3 Å². The maximum absolute atomic E-state index is 12.9. The average Bonchev–Trinajstić information content (AvgIpc) is 3.10. The molecule has 0 aliphatic rings. The fourth-order valence-electron chi connectivity index (χ4n) is 2.50. The Bertz CT molecular complexity index is 984. The zero-order valence-electron chi connectivity index (χ0n) is 15.4. The van der Waals surface area contributed by atoms with Gasteiger partial charge >= 0.3 is 12.1 Å². The molecule has 2 aromatic heterocycles. The third-order valence-electron chi connectivity index (χ3n) is 3.97. The van der Waals surface area contributed by atoms with Crippen molar-refractivity contribution in [1.82, 2.24) is 9.78 Å². The predicted octanol–water partition coefficient (Wildman–Crippen LogP) is 3.26. The number of methoxy groups -OCH3 is 1. The van der Waals surface area contributed by atoms with Crippen LogP contribution in [0.4, 0.5) is 18.2 Å². The highest BCUT2D eigenvalue weighted by Gasteiger charge is 2.38. The summed E-state index contributed by atoms with van der Waals surface area (Å²) in [5, 5.41) is 6.04. The molecule has 0 radical (unpaired) electrons. The largest absolute Gasteiger partial charge is 0.465 e. The molecule has 0 saturated heterocycles. The van der Waals surface area contributed by atoms with Gasteiger partial charge in [-0.3, -0.25) is 14.3 Å². The van der Waals surface area contributed by atoms with Gasteiger partial charge in [-0.25, -0.2) is 4.79 Å². The number of alkyl halides is 3. The Hall–Kier alpha value is -2.41. The topological polar surface area (TPSA) is 116 Å². The van der Waals surface area contributed by atoms with Crippen LogP contribution in [0.15, 0.2) is 4.47 Å². The lowest BCUT2D eigenvalue weighted by Gasteiger charge is -2.07. The van der Waals surface area contributed by atoms with Gasteiger partial charge in [0, 0.05) is 6.42 Å². The van der Waals surface area contributed by atoms with E-state index in [9.17, 15) is 27.6 Å². The number of halogens is 4. The van der Waals surface area contributed by atoms with Crippen LogP contribution in [0.3, 0.4) is 0 Å². The zero-order chi connectivity index (χ0) is 22.1. The lowest BCUT2D eigenvalue weighted by Crippen LogP contribution is -2.17. The zero-order valence-corrected chi connectivity index (χ0v) is 17.8. The molecule has 2 amide bonds. The van der Waals surface area contributed by atoms with Gasteiger partial charge in [0.05, 0.1) is 34.3 Å². The number of primary amides is 1. The van der Waals surface area contributed by atoms with Gasteiger partial charge in [-0.2, -0.15) is 18.3 Å². The van der Waals surface area contributed by atoms with Crippen LogP contribution in [0.2, 0.25) is 0 Å². The van der Waals surface area contributed by atoms with Crippen molar-refractivity contribution in [3.63, 3.8) is 0 Å². The number of carbonyl (C=O) groups is 3. The SMILES string of the molecule is COC(=O)c1c(NC(=O)CCn2nc(C(F)(F)F)c(Br)c2C)sc(C(N)=O)c1C. The first kappa shape index (κ1) is 22.9. The van der Waals surface area contributed by atoms with E-state index in [4.69, 9.17) is 5.73 Å². The van der Waals surface area contributed by atoms with Crippen LogP contribution < -0.4 is 11.1 Å². The minimum Gasteiger partial charge on any atom is -0.465 e. The van der Waals surface area contributed by atoms with Gasteiger partial charge in [-0.15, -0.1) is 11.3 Å². The van der Waals surface area contributed by atoms with Gasteiger partial charge in [0.1, 0.15) is 5.00 Å². The number of rotatable bonds is 6. The van der Waals surface area contributed by atoms with Gasteiger partial charge in [0.15, 0.2) is 5.69 Å². The van der Waals surface area contributed by atoms with Crippen LogP contribution >= 0.6 is 27.3 Å². The number of aromatic nitrogens is 2. The summed E-state index contributed by atoms with van der Waals surface area (Å²) >= 11 is 3.67. The molecule has 8 nitrogen and oxygen atoms in total. The third-order valence-corrected chi connectivity index (χ3v) is 6.14. The summed E-state index contributed by atoms with van der Waals surface area (Å²) in [5.74, 6) is -2.12. The minimum absolute atomic E-state index is 0.00276. The van der Waals surface area contributed by atoms with E-state index in [1.54, 1.807) is 0 Å². The normalized spacial score (nSPS) is 11.4. The molecule has 0 saturated carbocycles. The van der Waals surface area contributed by atoms with Gasteiger partial charge in [-0.1, -0.05) is 0 Å². The van der Waals surface area contributed by atoms with E-state index in [0.29, 0.717) is 0 Å². The Morgan fingerprint density at radius 1 is 1.31 bits per heavy atom. The molecule has 0 aliphatic heterocycles. The highest BCUT2D eigenvalue weighted by molar-refractivity contribution is 9.10. The van der Waals surface area contributed by atoms with E-state index in [1.165, 1.54) is 13.8 Å². The summed E-state index contributed by atoms with van der Waals surface area (Å²) in [4.78, 5) is 35.9. The average molecular weight is 497 g/mol. The number of nitrogens with two attached hydrogens (primary N) is 1. The molecule has 0 atom stereocenters. The van der Waals surface area contributed by atoms with Gasteiger partial charge in [0.25, 0.3) is 5.91 Å². The number of esters is 1. The number of nitrogens with one attached hydrogen (secondary N) is 1. The van der Waals surface area contributed by atoms with E-state index < -0.39 is 29.7 Å². The number of nitrogens with zero attached hydrogens (tertiary/aromatic N) is 2. The fraction of sp³-hybridized carbons (Fsp3) is 0.375. The van der Waals surface area contributed by atoms with Crippen molar-refractivity contribution >= 4 is 50.1 Å². The van der Waals surface area contributed by atoms with Crippen molar-refractivity contribution in [2.45, 2.75) is 33.0 Å². The third kappa shape index (κ3) is 4.78. The van der Waals surface area contributed by atoms with Crippen LogP contribution in [0.25, 0.3) is 0 Å². The molecule has 29 heavy (non-hydrogen) atoms. The Morgan fingerprint density at radius 2 is 1.93 bits per heavy atom. The van der Waals surface area contributed by atoms with Crippen molar-refractivity contribution in [3.8, 4) is 0 Å². The molecule has 0 fully saturated rings. The molecule has 2 aromatic rings. The number of amides is 2. The number of hydrogen-bond donors (Lipinski definition) is 2. The first-order valence-corrected chi connectivity index (χ1v) is 9.60. The molecule has 13 heteroatoms. The van der Waals surface area contributed by atoms with Crippen molar-refractivity contribution in [1.29, 1.82) is 0 Å². The Labute approximate surface area is 175 Å². The summed E-state index contributed by atoms with van der Waals surface area (Å²) in [6.07, 6.45) is -4.86. The van der Waals surface area contributed by atoms with E-state index in [1.807, 2.05) is 0 Å². The molecule has 2 heterocycles. The summed E-state index contributed by atoms with van der Waals surface area (Å²) in [5.41, 5.74) is 4.67. The van der Waals surface area contributed by atoms with Crippen molar-refractivity contribution < 1.29 is 32.3 Å². The highest BCUT2D eigenvalue weighted by Crippen LogP contribution is 2.36. The second-order valence-corrected chi connectivity index (χ2v) is 7.70. The summed E-state index contributed by atoms with van der Waals surface area (Å²) in [6.45, 7) is 2.79. The maximum atomic E-state index is 12.9.